The fourth-order valence-corrected chi connectivity index (χ4v) is 12.0. The summed E-state index contributed by atoms with van der Waals surface area (Å²) in [4.78, 5) is 2.60. The monoisotopic (exact) mass is 744 g/mol. The molecular formula is C55H56N2. The van der Waals surface area contributed by atoms with Crippen molar-refractivity contribution in [1.29, 1.82) is 0 Å². The summed E-state index contributed by atoms with van der Waals surface area (Å²) in [6, 6.07) is 16.5. The minimum absolute atomic E-state index is 0.0481. The van der Waals surface area contributed by atoms with E-state index >= 15 is 0 Å². The molecule has 0 spiro atoms. The normalized spacial score (nSPS) is 27.7. The highest BCUT2D eigenvalue weighted by atomic mass is 15.2. The summed E-state index contributed by atoms with van der Waals surface area (Å²) in [7, 11) is 0. The Balaban J connectivity index is 0.999. The van der Waals surface area contributed by atoms with Crippen LogP contribution in [-0.4, -0.2) is 4.57 Å². The number of terminal acetylenes is 1. The van der Waals surface area contributed by atoms with Crippen LogP contribution in [0.15, 0.2) is 156 Å². The molecule has 286 valence electrons. The van der Waals surface area contributed by atoms with Crippen LogP contribution in [0.3, 0.4) is 0 Å². The summed E-state index contributed by atoms with van der Waals surface area (Å²) >= 11 is 0. The molecule has 0 amide bonds. The Morgan fingerprint density at radius 3 is 2.56 bits per heavy atom. The number of rotatable bonds is 6. The maximum absolute atomic E-state index is 6.25. The van der Waals surface area contributed by atoms with Gasteiger partial charge in [-0.1, -0.05) is 125 Å². The van der Waals surface area contributed by atoms with Crippen LogP contribution in [-0.2, 0) is 18.3 Å². The van der Waals surface area contributed by atoms with Gasteiger partial charge in [-0.15, -0.1) is 6.42 Å². The molecular weight excluding hydrogens is 689 g/mol. The first-order chi connectivity index (χ1) is 27.7. The molecule has 0 saturated carbocycles. The van der Waals surface area contributed by atoms with E-state index in [1.807, 2.05) is 0 Å². The van der Waals surface area contributed by atoms with Crippen LogP contribution in [0.25, 0.3) is 16.6 Å². The lowest BCUT2D eigenvalue weighted by atomic mass is 9.72. The average Bonchev–Trinajstić information content (AvgIpc) is 3.77. The summed E-state index contributed by atoms with van der Waals surface area (Å²) in [5, 5.41) is 1.45. The molecule has 0 radical (unpaired) electrons. The minimum Gasteiger partial charge on any atom is -0.317 e. The molecule has 5 atom stereocenters. The Morgan fingerprint density at radius 2 is 1.77 bits per heavy atom. The third-order valence-electron chi connectivity index (χ3n) is 15.0. The van der Waals surface area contributed by atoms with Gasteiger partial charge in [-0.2, -0.15) is 0 Å². The van der Waals surface area contributed by atoms with Crippen molar-refractivity contribution in [1.82, 2.24) is 4.57 Å². The lowest BCUT2D eigenvalue weighted by molar-refractivity contribution is 0.331. The Kier molecular flexibility index (Phi) is 8.68. The number of benzene rings is 2. The summed E-state index contributed by atoms with van der Waals surface area (Å²) in [6.45, 7) is 11.7. The molecule has 57 heavy (non-hydrogen) atoms. The van der Waals surface area contributed by atoms with Crippen molar-refractivity contribution >= 4 is 22.3 Å². The van der Waals surface area contributed by atoms with Gasteiger partial charge in [0, 0.05) is 50.8 Å². The second-order valence-electron chi connectivity index (χ2n) is 18.6. The van der Waals surface area contributed by atoms with Crippen molar-refractivity contribution < 1.29 is 0 Å². The van der Waals surface area contributed by atoms with Gasteiger partial charge in [-0.3, -0.25) is 0 Å². The zero-order chi connectivity index (χ0) is 39.1. The molecule has 0 fully saturated rings. The van der Waals surface area contributed by atoms with E-state index in [1.165, 1.54) is 62.4 Å². The van der Waals surface area contributed by atoms with Crippen molar-refractivity contribution in [2.75, 3.05) is 4.90 Å². The van der Waals surface area contributed by atoms with E-state index in [9.17, 15) is 0 Å². The Hall–Kier alpha value is -5.26. The van der Waals surface area contributed by atoms with Crippen LogP contribution in [0, 0.1) is 41.4 Å². The largest absolute Gasteiger partial charge is 0.317 e. The lowest BCUT2D eigenvalue weighted by Gasteiger charge is -2.38. The third-order valence-corrected chi connectivity index (χ3v) is 15.0. The van der Waals surface area contributed by atoms with Crippen LogP contribution in [0.5, 0.6) is 0 Å². The van der Waals surface area contributed by atoms with E-state index in [2.05, 4.69) is 178 Å². The second kappa shape index (κ2) is 13.7. The van der Waals surface area contributed by atoms with Gasteiger partial charge in [0.25, 0.3) is 0 Å². The molecule has 2 nitrogen and oxygen atoms in total. The molecule has 7 aliphatic carbocycles. The van der Waals surface area contributed by atoms with Crippen LogP contribution in [0.2, 0.25) is 0 Å². The predicted molar refractivity (Wildman–Crippen MR) is 241 cm³/mol. The van der Waals surface area contributed by atoms with E-state index in [1.54, 1.807) is 11.3 Å². The zero-order valence-corrected chi connectivity index (χ0v) is 34.4. The number of aromatic nitrogens is 1. The van der Waals surface area contributed by atoms with Crippen molar-refractivity contribution in [3.8, 4) is 12.3 Å². The number of hydrogen-bond donors (Lipinski definition) is 0. The van der Waals surface area contributed by atoms with Gasteiger partial charge in [-0.05, 0) is 145 Å². The van der Waals surface area contributed by atoms with Crippen LogP contribution >= 0.6 is 0 Å². The van der Waals surface area contributed by atoms with Crippen molar-refractivity contribution in [2.45, 2.75) is 90.9 Å². The van der Waals surface area contributed by atoms with E-state index in [0.717, 1.165) is 44.1 Å². The Labute approximate surface area is 340 Å². The van der Waals surface area contributed by atoms with Gasteiger partial charge in [0.2, 0.25) is 0 Å². The first kappa shape index (κ1) is 36.1. The standard InChI is InChI=1S/C55H56N2/c1-7-16-42-44-30-28-40(34-50(44)54(3,4)48(42)8-2)56(41-29-31-45-43-19-12-14-21-49(43)55(5,6)51(45)35-41)39-26-23-36(24-27-39)37-25-32-53-47(33-37)46-20-13-15-22-52(46)57(53)38-17-10-9-11-18-38/h2,7,9-10,12-17,19-23,26-31,35-37,43,49-50H,11,18,24-25,32-34H2,1,3-6H3/b16-7-. The van der Waals surface area contributed by atoms with Crippen molar-refractivity contribution in [3.63, 3.8) is 0 Å². The van der Waals surface area contributed by atoms with E-state index in [-0.39, 0.29) is 10.8 Å². The molecule has 7 aliphatic rings. The first-order valence-corrected chi connectivity index (χ1v) is 21.6. The minimum atomic E-state index is -0.121. The van der Waals surface area contributed by atoms with E-state index in [0.29, 0.717) is 29.6 Å². The molecule has 0 N–H and O–H groups in total. The molecule has 10 rings (SSSR count). The number of nitrogens with zero attached hydrogens (tertiary/aromatic N) is 2. The smallest absolute Gasteiger partial charge is 0.0531 e. The number of hydrogen-bond acceptors (Lipinski definition) is 1. The summed E-state index contributed by atoms with van der Waals surface area (Å²) < 4.78 is 2.61. The molecule has 0 saturated heterocycles. The fraction of sp³-hybridized carbons (Fsp3) is 0.345. The topological polar surface area (TPSA) is 8.17 Å². The lowest BCUT2D eigenvalue weighted by Crippen LogP contribution is -2.31. The molecule has 2 aromatic carbocycles. The molecule has 1 heterocycles. The third kappa shape index (κ3) is 5.60. The van der Waals surface area contributed by atoms with Crippen molar-refractivity contribution in [2.24, 2.45) is 29.1 Å². The predicted octanol–water partition coefficient (Wildman–Crippen LogP) is 13.4. The molecule has 3 aromatic rings. The number of fused-ring (bicyclic) bond motifs is 7. The van der Waals surface area contributed by atoms with E-state index < -0.39 is 0 Å². The quantitative estimate of drug-likeness (QED) is 0.228. The van der Waals surface area contributed by atoms with Crippen LogP contribution in [0.1, 0.15) is 95.0 Å². The summed E-state index contributed by atoms with van der Waals surface area (Å²) in [5.74, 6) is 5.52. The molecule has 0 aliphatic heterocycles. The van der Waals surface area contributed by atoms with Gasteiger partial charge in [0.1, 0.15) is 0 Å². The van der Waals surface area contributed by atoms with Gasteiger partial charge in [-0.25, -0.2) is 0 Å². The Bertz CT molecular complexity index is 2550. The first-order valence-electron chi connectivity index (χ1n) is 21.6. The highest BCUT2D eigenvalue weighted by Crippen LogP contribution is 2.57. The average molecular weight is 745 g/mol. The van der Waals surface area contributed by atoms with Crippen molar-refractivity contribution in [3.05, 3.63) is 178 Å². The summed E-state index contributed by atoms with van der Waals surface area (Å²) in [5.41, 5.74) is 16.5. The highest BCUT2D eigenvalue weighted by molar-refractivity contribution is 5.89. The molecule has 0 bridgehead atoms. The van der Waals surface area contributed by atoms with Gasteiger partial charge < -0.3 is 9.47 Å². The van der Waals surface area contributed by atoms with Gasteiger partial charge in [0.05, 0.1) is 5.52 Å². The number of anilines is 1. The van der Waals surface area contributed by atoms with Gasteiger partial charge in [0.15, 0.2) is 0 Å². The Morgan fingerprint density at radius 1 is 0.912 bits per heavy atom. The van der Waals surface area contributed by atoms with Gasteiger partial charge >= 0.3 is 0 Å². The number of allylic oxidation sites excluding steroid dienone is 19. The highest BCUT2D eigenvalue weighted by Gasteiger charge is 2.47. The SMILES string of the molecule is C#CC1=C(/C=C\C)C2=CC=C(N(C3=CCC(C4CCc5c(c6ccccc6n5C5=CC=CCC5)C4)C=C3)c3ccc4c(c3)C(C)(C)C3C=CC=CC43)CC2C1(C)C. The summed E-state index contributed by atoms with van der Waals surface area (Å²) in [6.07, 6.45) is 46.9. The fourth-order valence-electron chi connectivity index (χ4n) is 12.0. The molecule has 1 aromatic heterocycles. The maximum atomic E-state index is 6.25. The van der Waals surface area contributed by atoms with E-state index in [4.69, 9.17) is 6.42 Å². The second-order valence-corrected chi connectivity index (χ2v) is 18.6. The maximum Gasteiger partial charge on any atom is 0.0531 e. The zero-order valence-electron chi connectivity index (χ0n) is 34.4. The van der Waals surface area contributed by atoms with Crippen LogP contribution < -0.4 is 4.90 Å². The van der Waals surface area contributed by atoms with Crippen LogP contribution in [0.4, 0.5) is 5.69 Å². The molecule has 2 heteroatoms. The number of para-hydroxylation sites is 1. The molecule has 5 unspecified atom stereocenters.